The lowest BCUT2D eigenvalue weighted by Crippen LogP contribution is -2.35. The molecular weight excluding hydrogens is 382 g/mol. The number of amides is 1. The lowest BCUT2D eigenvalue weighted by atomic mass is 10.2. The Kier molecular flexibility index (Phi) is 5.03. The first-order valence-corrected chi connectivity index (χ1v) is 10.0. The van der Waals surface area contributed by atoms with E-state index >= 15 is 0 Å². The van der Waals surface area contributed by atoms with Gasteiger partial charge < -0.3 is 4.74 Å². The van der Waals surface area contributed by atoms with Crippen LogP contribution in [-0.2, 0) is 9.53 Å². The van der Waals surface area contributed by atoms with E-state index in [0.717, 1.165) is 25.1 Å². The van der Waals surface area contributed by atoms with Gasteiger partial charge in [0.25, 0.3) is 11.5 Å². The number of nitrogens with one attached hydrogen (secondary N) is 1. The van der Waals surface area contributed by atoms with Crippen LogP contribution in [0.3, 0.4) is 0 Å². The zero-order chi connectivity index (χ0) is 19.0. The summed E-state index contributed by atoms with van der Waals surface area (Å²) in [7, 11) is 0. The maximum Gasteiger partial charge on any atom is 0.278 e. The quantitative estimate of drug-likeness (QED) is 0.630. The van der Waals surface area contributed by atoms with Crippen LogP contribution in [0.1, 0.15) is 24.1 Å². The molecule has 2 aliphatic heterocycles. The highest BCUT2D eigenvalue weighted by Crippen LogP contribution is 2.33. The summed E-state index contributed by atoms with van der Waals surface area (Å²) < 4.78 is 7.61. The zero-order valence-electron chi connectivity index (χ0n) is 14.8. The van der Waals surface area contributed by atoms with Crippen molar-refractivity contribution in [2.45, 2.75) is 25.9 Å². The van der Waals surface area contributed by atoms with Gasteiger partial charge in [0, 0.05) is 12.3 Å². The Labute approximate surface area is 166 Å². The van der Waals surface area contributed by atoms with E-state index in [9.17, 15) is 9.59 Å². The van der Waals surface area contributed by atoms with Gasteiger partial charge in [0.05, 0.1) is 28.8 Å². The van der Waals surface area contributed by atoms with Crippen LogP contribution >= 0.6 is 24.0 Å². The number of H-pyrrole nitrogens is 1. The monoisotopic (exact) mass is 401 g/mol. The number of aromatic amines is 1. The van der Waals surface area contributed by atoms with Gasteiger partial charge in [-0.3, -0.25) is 19.6 Å². The summed E-state index contributed by atoms with van der Waals surface area (Å²) in [6.07, 6.45) is 3.63. The predicted molar refractivity (Wildman–Crippen MR) is 110 cm³/mol. The van der Waals surface area contributed by atoms with Crippen LogP contribution in [0, 0.1) is 6.92 Å². The molecule has 3 heterocycles. The van der Waals surface area contributed by atoms with Crippen molar-refractivity contribution in [1.82, 2.24) is 14.7 Å². The van der Waals surface area contributed by atoms with Crippen LogP contribution in [0.4, 0.5) is 0 Å². The summed E-state index contributed by atoms with van der Waals surface area (Å²) in [5.74, 6) is -0.160. The van der Waals surface area contributed by atoms with Crippen molar-refractivity contribution in [2.75, 3.05) is 13.2 Å². The van der Waals surface area contributed by atoms with Gasteiger partial charge in [0.1, 0.15) is 4.32 Å². The number of carbonyl (C=O) groups excluding carboxylic acids is 1. The molecule has 2 saturated heterocycles. The molecule has 0 unspecified atom stereocenters. The third-order valence-electron chi connectivity index (χ3n) is 4.69. The highest BCUT2D eigenvalue weighted by atomic mass is 32.2. The first kappa shape index (κ1) is 18.2. The molecule has 0 aliphatic carbocycles. The maximum absolute atomic E-state index is 12.8. The Morgan fingerprint density at radius 3 is 2.81 bits per heavy atom. The summed E-state index contributed by atoms with van der Waals surface area (Å²) in [6, 6.07) is 9.33. The van der Waals surface area contributed by atoms with E-state index in [1.165, 1.54) is 16.4 Å². The summed E-state index contributed by atoms with van der Waals surface area (Å²) in [6.45, 7) is 3.03. The number of benzene rings is 1. The minimum atomic E-state index is -0.192. The largest absolute Gasteiger partial charge is 0.376 e. The smallest absolute Gasteiger partial charge is 0.278 e. The number of rotatable bonds is 4. The molecule has 1 N–H and O–H groups in total. The van der Waals surface area contributed by atoms with Crippen molar-refractivity contribution in [3.63, 3.8) is 0 Å². The van der Waals surface area contributed by atoms with Crippen molar-refractivity contribution >= 4 is 40.3 Å². The molecular formula is C19H19N3O3S2. The van der Waals surface area contributed by atoms with Gasteiger partial charge in [-0.25, -0.2) is 4.68 Å². The molecule has 1 amide bonds. The maximum atomic E-state index is 12.8. The fourth-order valence-corrected chi connectivity index (χ4v) is 4.53. The Bertz CT molecular complexity index is 972. The number of hydrogen-bond donors (Lipinski definition) is 1. The van der Waals surface area contributed by atoms with Gasteiger partial charge in [0.15, 0.2) is 0 Å². The van der Waals surface area contributed by atoms with Gasteiger partial charge in [0.2, 0.25) is 0 Å². The van der Waals surface area contributed by atoms with Crippen LogP contribution in [0.25, 0.3) is 11.8 Å². The molecule has 27 heavy (non-hydrogen) atoms. The number of para-hydroxylation sites is 1. The second kappa shape index (κ2) is 7.46. The molecule has 2 aromatic rings. The molecule has 8 heteroatoms. The average molecular weight is 402 g/mol. The van der Waals surface area contributed by atoms with E-state index in [0.29, 0.717) is 27.0 Å². The van der Waals surface area contributed by atoms with Crippen LogP contribution in [0.5, 0.6) is 0 Å². The lowest BCUT2D eigenvalue weighted by Gasteiger charge is -2.18. The van der Waals surface area contributed by atoms with Crippen LogP contribution < -0.4 is 5.56 Å². The summed E-state index contributed by atoms with van der Waals surface area (Å²) in [5, 5.41) is 3.07. The van der Waals surface area contributed by atoms with Gasteiger partial charge in [-0.1, -0.05) is 42.2 Å². The lowest BCUT2D eigenvalue weighted by molar-refractivity contribution is -0.123. The number of thiocarbonyl (C=S) groups is 1. The Balaban J connectivity index is 1.62. The minimum absolute atomic E-state index is 0.0381. The molecule has 4 rings (SSSR count). The van der Waals surface area contributed by atoms with E-state index in [4.69, 9.17) is 17.0 Å². The third-order valence-corrected chi connectivity index (χ3v) is 6.07. The predicted octanol–water partition coefficient (Wildman–Crippen LogP) is 2.85. The van der Waals surface area contributed by atoms with E-state index in [1.807, 2.05) is 37.3 Å². The first-order valence-electron chi connectivity index (χ1n) is 8.78. The van der Waals surface area contributed by atoms with E-state index in [-0.39, 0.29) is 17.6 Å². The molecule has 2 aliphatic rings. The molecule has 1 aromatic carbocycles. The van der Waals surface area contributed by atoms with Crippen LogP contribution in [0.2, 0.25) is 0 Å². The van der Waals surface area contributed by atoms with Gasteiger partial charge in [-0.05, 0) is 38.0 Å². The number of aryl methyl sites for hydroxylation is 1. The van der Waals surface area contributed by atoms with Crippen LogP contribution in [-0.4, -0.2) is 44.2 Å². The molecule has 0 spiro atoms. The Morgan fingerprint density at radius 1 is 1.33 bits per heavy atom. The first-order chi connectivity index (χ1) is 13.0. The molecule has 0 saturated carbocycles. The highest BCUT2D eigenvalue weighted by molar-refractivity contribution is 8.26. The van der Waals surface area contributed by atoms with Gasteiger partial charge in [-0.15, -0.1) is 0 Å². The van der Waals surface area contributed by atoms with Crippen molar-refractivity contribution < 1.29 is 9.53 Å². The number of carbonyl (C=O) groups is 1. The summed E-state index contributed by atoms with van der Waals surface area (Å²) in [5.41, 5.74) is 1.73. The third kappa shape index (κ3) is 3.52. The number of nitrogens with zero attached hydrogens (tertiary/aromatic N) is 2. The highest BCUT2D eigenvalue weighted by Gasteiger charge is 2.35. The molecule has 0 radical (unpaired) electrons. The second-order valence-corrected chi connectivity index (χ2v) is 8.23. The van der Waals surface area contributed by atoms with Gasteiger partial charge >= 0.3 is 0 Å². The van der Waals surface area contributed by atoms with Crippen molar-refractivity contribution in [3.8, 4) is 5.69 Å². The zero-order valence-corrected chi connectivity index (χ0v) is 16.4. The van der Waals surface area contributed by atoms with E-state index in [1.54, 1.807) is 11.0 Å². The topological polar surface area (TPSA) is 67.3 Å². The minimum Gasteiger partial charge on any atom is -0.376 e. The Hall–Kier alpha value is -2.16. The van der Waals surface area contributed by atoms with Crippen molar-refractivity contribution in [2.24, 2.45) is 0 Å². The number of ether oxygens (including phenoxy) is 1. The Morgan fingerprint density at radius 2 is 2.11 bits per heavy atom. The summed E-state index contributed by atoms with van der Waals surface area (Å²) >= 11 is 6.61. The molecule has 0 bridgehead atoms. The van der Waals surface area contributed by atoms with Crippen molar-refractivity contribution in [1.29, 1.82) is 0 Å². The summed E-state index contributed by atoms with van der Waals surface area (Å²) in [4.78, 5) is 27.7. The molecule has 6 nitrogen and oxygen atoms in total. The molecule has 140 valence electrons. The fourth-order valence-electron chi connectivity index (χ4n) is 3.27. The van der Waals surface area contributed by atoms with E-state index in [2.05, 4.69) is 5.10 Å². The normalized spacial score (nSPS) is 21.6. The number of hydrogen-bond acceptors (Lipinski definition) is 5. The number of thioether (sulfide) groups is 1. The standard InChI is InChI=1S/C19H19N3O3S2/c1-12-15(17(23)22(20-12)13-6-3-2-4-7-13)10-16-18(24)21(19(26)27-16)11-14-8-5-9-25-14/h2-4,6-7,10,14,20H,5,8-9,11H2,1H3/b16-10-/t14-/m0/s1. The molecule has 1 aromatic heterocycles. The number of aromatic nitrogens is 2. The average Bonchev–Trinajstić information content (AvgIpc) is 3.35. The van der Waals surface area contributed by atoms with E-state index < -0.39 is 0 Å². The van der Waals surface area contributed by atoms with Crippen LogP contribution in [0.15, 0.2) is 40.0 Å². The fraction of sp³-hybridized carbons (Fsp3) is 0.316. The second-order valence-electron chi connectivity index (χ2n) is 6.55. The SMILES string of the molecule is Cc1[nH]n(-c2ccccc2)c(=O)c1/C=C1\SC(=S)N(C[C@@H]2CCCO2)C1=O. The molecule has 1 atom stereocenters. The van der Waals surface area contributed by atoms with Crippen molar-refractivity contribution in [3.05, 3.63) is 56.8 Å². The molecule has 2 fully saturated rings. The van der Waals surface area contributed by atoms with Gasteiger partial charge in [-0.2, -0.15) is 0 Å².